The number of carbonyl (C=O) groups excluding carboxylic acids is 2. The van der Waals surface area contributed by atoms with Crippen LogP contribution >= 0.6 is 23.4 Å². The highest BCUT2D eigenvalue weighted by Gasteiger charge is 2.17. The van der Waals surface area contributed by atoms with Crippen molar-refractivity contribution in [2.45, 2.75) is 11.9 Å². The second kappa shape index (κ2) is 9.98. The van der Waals surface area contributed by atoms with Crippen LogP contribution in [0.25, 0.3) is 0 Å². The Labute approximate surface area is 188 Å². The number of aryl methyl sites for hydroxylation is 1. The fraction of sp³-hybridized carbons (Fsp3) is 0.0909. The van der Waals surface area contributed by atoms with E-state index in [1.165, 1.54) is 6.07 Å². The molecular weight excluding hydrogens is 434 g/mol. The standard InChI is InChI=1S/C22H18ClN5O2S/c1-13-7-8-16(10-18(13)23)26-19(29)12-31-22-14(11-24)9-17(20(25)28-22)21(30)27-15-5-3-2-4-6-15/h2-10H,12H2,1H3,(H2,25,28)(H,26,29)(H,27,30). The number of anilines is 3. The zero-order chi connectivity index (χ0) is 22.4. The van der Waals surface area contributed by atoms with Crippen LogP contribution in [0.1, 0.15) is 21.5 Å². The molecule has 0 aliphatic rings. The zero-order valence-corrected chi connectivity index (χ0v) is 18.1. The first kappa shape index (κ1) is 22.2. The molecule has 0 saturated heterocycles. The van der Waals surface area contributed by atoms with E-state index in [0.29, 0.717) is 16.4 Å². The first-order valence-electron chi connectivity index (χ1n) is 9.13. The van der Waals surface area contributed by atoms with E-state index in [1.807, 2.05) is 19.1 Å². The average Bonchev–Trinajstić information content (AvgIpc) is 2.75. The third-order valence-corrected chi connectivity index (χ3v) is 5.61. The summed E-state index contributed by atoms with van der Waals surface area (Å²) in [6.45, 7) is 1.87. The molecule has 1 heterocycles. The Balaban J connectivity index is 1.69. The molecule has 2 aromatic carbocycles. The lowest BCUT2D eigenvalue weighted by Gasteiger charge is -2.10. The van der Waals surface area contributed by atoms with E-state index in [2.05, 4.69) is 15.6 Å². The number of nitriles is 1. The van der Waals surface area contributed by atoms with E-state index in [-0.39, 0.29) is 33.6 Å². The van der Waals surface area contributed by atoms with Gasteiger partial charge in [-0.3, -0.25) is 9.59 Å². The number of benzene rings is 2. The Hall–Kier alpha value is -3.54. The molecule has 3 aromatic rings. The minimum absolute atomic E-state index is 0.00216. The summed E-state index contributed by atoms with van der Waals surface area (Å²) in [6, 6.07) is 17.5. The first-order valence-corrected chi connectivity index (χ1v) is 10.5. The summed E-state index contributed by atoms with van der Waals surface area (Å²) >= 11 is 7.12. The van der Waals surface area contributed by atoms with Crippen LogP contribution in [-0.4, -0.2) is 22.6 Å². The molecule has 0 spiro atoms. The highest BCUT2D eigenvalue weighted by molar-refractivity contribution is 8.00. The van der Waals surface area contributed by atoms with Gasteiger partial charge in [-0.2, -0.15) is 5.26 Å². The lowest BCUT2D eigenvalue weighted by Crippen LogP contribution is -2.17. The molecule has 7 nitrogen and oxygen atoms in total. The van der Waals surface area contributed by atoms with Gasteiger partial charge in [0.1, 0.15) is 16.9 Å². The van der Waals surface area contributed by atoms with Gasteiger partial charge < -0.3 is 16.4 Å². The number of amides is 2. The Morgan fingerprint density at radius 2 is 1.87 bits per heavy atom. The predicted octanol–water partition coefficient (Wildman–Crippen LogP) is 4.48. The first-order chi connectivity index (χ1) is 14.9. The number of para-hydroxylation sites is 1. The van der Waals surface area contributed by atoms with E-state index in [1.54, 1.807) is 42.5 Å². The van der Waals surface area contributed by atoms with Crippen molar-refractivity contribution in [2.24, 2.45) is 0 Å². The second-order valence-corrected chi connectivity index (χ2v) is 7.88. The summed E-state index contributed by atoms with van der Waals surface area (Å²) < 4.78 is 0. The number of thioether (sulfide) groups is 1. The summed E-state index contributed by atoms with van der Waals surface area (Å²) in [6.07, 6.45) is 0. The van der Waals surface area contributed by atoms with Crippen molar-refractivity contribution in [3.05, 3.63) is 76.3 Å². The predicted molar refractivity (Wildman–Crippen MR) is 123 cm³/mol. The quantitative estimate of drug-likeness (QED) is 0.475. The van der Waals surface area contributed by atoms with E-state index < -0.39 is 5.91 Å². The van der Waals surface area contributed by atoms with Gasteiger partial charge in [0.25, 0.3) is 5.91 Å². The molecule has 4 N–H and O–H groups in total. The molecule has 0 aliphatic carbocycles. The molecule has 0 atom stereocenters. The number of halogens is 1. The number of nitrogens with zero attached hydrogens (tertiary/aromatic N) is 2. The summed E-state index contributed by atoms with van der Waals surface area (Å²) in [5, 5.41) is 15.7. The highest BCUT2D eigenvalue weighted by Crippen LogP contribution is 2.26. The molecule has 9 heteroatoms. The SMILES string of the molecule is Cc1ccc(NC(=O)CSc2nc(N)c(C(=O)Nc3ccccc3)cc2C#N)cc1Cl. The molecule has 0 bridgehead atoms. The number of hydrogen-bond acceptors (Lipinski definition) is 6. The lowest BCUT2D eigenvalue weighted by molar-refractivity contribution is -0.113. The normalized spacial score (nSPS) is 10.2. The molecule has 0 fully saturated rings. The van der Waals surface area contributed by atoms with Crippen molar-refractivity contribution in [1.82, 2.24) is 4.98 Å². The van der Waals surface area contributed by atoms with Crippen molar-refractivity contribution in [3.8, 4) is 6.07 Å². The summed E-state index contributed by atoms with van der Waals surface area (Å²) in [5.74, 6) is -0.790. The van der Waals surface area contributed by atoms with Crippen LogP contribution < -0.4 is 16.4 Å². The molecule has 31 heavy (non-hydrogen) atoms. The number of nitrogen functional groups attached to an aromatic ring is 1. The van der Waals surface area contributed by atoms with Gasteiger partial charge in [0.2, 0.25) is 5.91 Å². The Kier molecular flexibility index (Phi) is 7.13. The molecule has 0 saturated carbocycles. The molecule has 1 aromatic heterocycles. The van der Waals surface area contributed by atoms with Crippen LogP contribution in [0, 0.1) is 18.3 Å². The Morgan fingerprint density at radius 1 is 1.13 bits per heavy atom. The molecule has 2 amide bonds. The van der Waals surface area contributed by atoms with Crippen LogP contribution in [0.2, 0.25) is 5.02 Å². The Bertz CT molecular complexity index is 1180. The molecule has 0 aliphatic heterocycles. The van der Waals surface area contributed by atoms with Crippen molar-refractivity contribution in [3.63, 3.8) is 0 Å². The number of rotatable bonds is 6. The third kappa shape index (κ3) is 5.75. The summed E-state index contributed by atoms with van der Waals surface area (Å²) in [5.41, 5.74) is 8.26. The number of hydrogen-bond donors (Lipinski definition) is 3. The topological polar surface area (TPSA) is 121 Å². The fourth-order valence-electron chi connectivity index (χ4n) is 2.60. The van der Waals surface area contributed by atoms with Gasteiger partial charge in [0.15, 0.2) is 0 Å². The van der Waals surface area contributed by atoms with Crippen LogP contribution in [0.5, 0.6) is 0 Å². The van der Waals surface area contributed by atoms with Crippen LogP contribution in [0.3, 0.4) is 0 Å². The van der Waals surface area contributed by atoms with Crippen molar-refractivity contribution < 1.29 is 9.59 Å². The van der Waals surface area contributed by atoms with Crippen LogP contribution in [0.15, 0.2) is 59.6 Å². The van der Waals surface area contributed by atoms with Gasteiger partial charge in [0, 0.05) is 16.4 Å². The molecule has 156 valence electrons. The largest absolute Gasteiger partial charge is 0.383 e. The van der Waals surface area contributed by atoms with Crippen molar-refractivity contribution >= 4 is 52.4 Å². The van der Waals surface area contributed by atoms with Gasteiger partial charge in [-0.1, -0.05) is 47.6 Å². The van der Waals surface area contributed by atoms with Crippen LogP contribution in [0.4, 0.5) is 17.2 Å². The third-order valence-electron chi connectivity index (χ3n) is 4.21. The van der Waals surface area contributed by atoms with E-state index >= 15 is 0 Å². The number of nitrogens with one attached hydrogen (secondary N) is 2. The smallest absolute Gasteiger partial charge is 0.259 e. The summed E-state index contributed by atoms with van der Waals surface area (Å²) in [4.78, 5) is 28.9. The number of pyridine rings is 1. The second-order valence-electron chi connectivity index (χ2n) is 6.51. The highest BCUT2D eigenvalue weighted by atomic mass is 35.5. The molecule has 0 unspecified atom stereocenters. The van der Waals surface area contributed by atoms with E-state index in [9.17, 15) is 14.9 Å². The van der Waals surface area contributed by atoms with E-state index in [0.717, 1.165) is 17.3 Å². The molecule has 3 rings (SSSR count). The number of nitrogens with two attached hydrogens (primary N) is 1. The average molecular weight is 452 g/mol. The minimum atomic E-state index is -0.474. The van der Waals surface area contributed by atoms with Crippen molar-refractivity contribution in [2.75, 3.05) is 22.1 Å². The van der Waals surface area contributed by atoms with Gasteiger partial charge in [-0.25, -0.2) is 4.98 Å². The number of aromatic nitrogens is 1. The summed E-state index contributed by atoms with van der Waals surface area (Å²) in [7, 11) is 0. The maximum atomic E-state index is 12.5. The van der Waals surface area contributed by atoms with Crippen LogP contribution in [-0.2, 0) is 4.79 Å². The lowest BCUT2D eigenvalue weighted by atomic mass is 10.2. The van der Waals surface area contributed by atoms with Gasteiger partial charge in [-0.05, 0) is 42.8 Å². The van der Waals surface area contributed by atoms with Gasteiger partial charge in [0.05, 0.1) is 16.9 Å². The fourth-order valence-corrected chi connectivity index (χ4v) is 3.55. The molecular formula is C22H18ClN5O2S. The van der Waals surface area contributed by atoms with E-state index in [4.69, 9.17) is 17.3 Å². The minimum Gasteiger partial charge on any atom is -0.383 e. The Morgan fingerprint density at radius 3 is 2.55 bits per heavy atom. The molecule has 0 radical (unpaired) electrons. The zero-order valence-electron chi connectivity index (χ0n) is 16.5. The number of carbonyl (C=O) groups is 2. The van der Waals surface area contributed by atoms with Gasteiger partial charge >= 0.3 is 0 Å². The van der Waals surface area contributed by atoms with Crippen molar-refractivity contribution in [1.29, 1.82) is 5.26 Å². The monoisotopic (exact) mass is 451 g/mol. The van der Waals surface area contributed by atoms with Gasteiger partial charge in [-0.15, -0.1) is 0 Å². The maximum Gasteiger partial charge on any atom is 0.259 e. The maximum absolute atomic E-state index is 12.5.